The van der Waals surface area contributed by atoms with Gasteiger partial charge in [0.25, 0.3) is 0 Å². The van der Waals surface area contributed by atoms with Gasteiger partial charge in [-0.2, -0.15) is 0 Å². The van der Waals surface area contributed by atoms with Crippen LogP contribution < -0.4 is 5.32 Å². The van der Waals surface area contributed by atoms with E-state index in [-0.39, 0.29) is 0 Å². The van der Waals surface area contributed by atoms with E-state index in [0.29, 0.717) is 11.5 Å². The summed E-state index contributed by atoms with van der Waals surface area (Å²) in [6.07, 6.45) is 5.82. The molecule has 2 atom stereocenters. The molecule has 0 bridgehead atoms. The van der Waals surface area contributed by atoms with E-state index in [2.05, 4.69) is 43.2 Å². The fraction of sp³-hybridized carbons (Fsp3) is 0.667. The van der Waals surface area contributed by atoms with Gasteiger partial charge >= 0.3 is 0 Å². The molecule has 1 aliphatic rings. The minimum absolute atomic E-state index is 0.530. The van der Waals surface area contributed by atoms with Crippen LogP contribution in [0.25, 0.3) is 0 Å². The van der Waals surface area contributed by atoms with Crippen LogP contribution in [-0.2, 0) is 6.54 Å². The molecular formula is C15H24N2. The maximum atomic E-state index is 4.35. The van der Waals surface area contributed by atoms with Gasteiger partial charge in [-0.25, -0.2) is 0 Å². The first-order valence-corrected chi connectivity index (χ1v) is 6.70. The van der Waals surface area contributed by atoms with Crippen LogP contribution >= 0.6 is 0 Å². The van der Waals surface area contributed by atoms with Gasteiger partial charge in [-0.05, 0) is 42.7 Å². The first-order valence-electron chi connectivity index (χ1n) is 6.70. The molecule has 1 saturated carbocycles. The van der Waals surface area contributed by atoms with Gasteiger partial charge in [-0.15, -0.1) is 0 Å². The third-order valence-corrected chi connectivity index (χ3v) is 3.97. The fourth-order valence-electron chi connectivity index (χ4n) is 2.99. The minimum Gasteiger partial charge on any atom is -0.308 e. The molecule has 1 heterocycles. The van der Waals surface area contributed by atoms with Crippen LogP contribution in [-0.4, -0.2) is 11.0 Å². The highest BCUT2D eigenvalue weighted by molar-refractivity contribution is 5.03. The number of nitrogens with one attached hydrogen (secondary N) is 1. The number of rotatable bonds is 3. The van der Waals surface area contributed by atoms with Crippen LogP contribution in [0.15, 0.2) is 24.4 Å². The number of nitrogens with zero attached hydrogens (tertiary/aromatic N) is 1. The summed E-state index contributed by atoms with van der Waals surface area (Å²) in [6, 6.07) is 6.77. The average Bonchev–Trinajstić information content (AvgIpc) is 2.28. The van der Waals surface area contributed by atoms with Gasteiger partial charge in [0.1, 0.15) is 0 Å². The van der Waals surface area contributed by atoms with Gasteiger partial charge in [0.05, 0.1) is 5.69 Å². The molecule has 0 radical (unpaired) electrons. The summed E-state index contributed by atoms with van der Waals surface area (Å²) in [5.41, 5.74) is 1.67. The van der Waals surface area contributed by atoms with Crippen LogP contribution in [0.4, 0.5) is 0 Å². The zero-order chi connectivity index (χ0) is 12.3. The summed E-state index contributed by atoms with van der Waals surface area (Å²) in [5, 5.41) is 3.66. The van der Waals surface area contributed by atoms with Crippen molar-refractivity contribution < 1.29 is 0 Å². The van der Waals surface area contributed by atoms with Gasteiger partial charge in [0, 0.05) is 18.8 Å². The maximum absolute atomic E-state index is 4.35. The summed E-state index contributed by atoms with van der Waals surface area (Å²) in [5.74, 6) is 0.766. The van der Waals surface area contributed by atoms with E-state index in [1.54, 1.807) is 0 Å². The van der Waals surface area contributed by atoms with Crippen LogP contribution in [0, 0.1) is 11.3 Å². The summed E-state index contributed by atoms with van der Waals surface area (Å²) in [7, 11) is 0. The Morgan fingerprint density at radius 3 is 2.88 bits per heavy atom. The Morgan fingerprint density at radius 1 is 1.41 bits per heavy atom. The minimum atomic E-state index is 0.530. The third kappa shape index (κ3) is 3.53. The monoisotopic (exact) mass is 232 g/mol. The maximum Gasteiger partial charge on any atom is 0.0541 e. The van der Waals surface area contributed by atoms with E-state index >= 15 is 0 Å². The Labute approximate surface area is 105 Å². The molecule has 2 heteroatoms. The van der Waals surface area contributed by atoms with Crippen LogP contribution in [0.2, 0.25) is 0 Å². The zero-order valence-corrected chi connectivity index (χ0v) is 11.2. The number of pyridine rings is 1. The average molecular weight is 232 g/mol. The quantitative estimate of drug-likeness (QED) is 0.864. The molecular weight excluding hydrogens is 208 g/mol. The molecule has 0 spiro atoms. The number of aromatic nitrogens is 1. The van der Waals surface area contributed by atoms with E-state index in [1.807, 2.05) is 12.3 Å². The van der Waals surface area contributed by atoms with Crippen LogP contribution in [0.1, 0.15) is 45.7 Å². The molecule has 0 saturated heterocycles. The standard InChI is InChI=1S/C15H24N2/c1-12-10-15(2,3)8-7-14(12)17-11-13-6-4-5-9-16-13/h4-6,9,12,14,17H,7-8,10-11H2,1-3H3. The molecule has 1 aromatic heterocycles. The van der Waals surface area contributed by atoms with E-state index in [4.69, 9.17) is 0 Å². The van der Waals surface area contributed by atoms with Gasteiger partial charge in [0.2, 0.25) is 0 Å². The summed E-state index contributed by atoms with van der Waals surface area (Å²) in [6.45, 7) is 8.05. The topological polar surface area (TPSA) is 24.9 Å². The van der Waals surface area contributed by atoms with E-state index < -0.39 is 0 Å². The highest BCUT2D eigenvalue weighted by Gasteiger charge is 2.31. The number of hydrogen-bond acceptors (Lipinski definition) is 2. The largest absolute Gasteiger partial charge is 0.308 e. The molecule has 94 valence electrons. The fourth-order valence-corrected chi connectivity index (χ4v) is 2.99. The zero-order valence-electron chi connectivity index (χ0n) is 11.2. The van der Waals surface area contributed by atoms with Crippen molar-refractivity contribution in [2.24, 2.45) is 11.3 Å². The van der Waals surface area contributed by atoms with E-state index in [0.717, 1.165) is 18.2 Å². The predicted octanol–water partition coefficient (Wildman–Crippen LogP) is 3.39. The Bertz CT molecular complexity index is 345. The smallest absolute Gasteiger partial charge is 0.0541 e. The van der Waals surface area contributed by atoms with Crippen molar-refractivity contribution in [3.8, 4) is 0 Å². The lowest BCUT2D eigenvalue weighted by atomic mass is 9.70. The van der Waals surface area contributed by atoms with E-state index in [9.17, 15) is 0 Å². The second-order valence-electron chi connectivity index (χ2n) is 6.19. The van der Waals surface area contributed by atoms with Crippen molar-refractivity contribution >= 4 is 0 Å². The number of hydrogen-bond donors (Lipinski definition) is 1. The summed E-state index contributed by atoms with van der Waals surface area (Å²) in [4.78, 5) is 4.35. The van der Waals surface area contributed by atoms with Crippen molar-refractivity contribution in [3.05, 3.63) is 30.1 Å². The lowest BCUT2D eigenvalue weighted by Gasteiger charge is -2.39. The van der Waals surface area contributed by atoms with Gasteiger partial charge in [-0.3, -0.25) is 4.98 Å². The highest BCUT2D eigenvalue weighted by Crippen LogP contribution is 2.38. The van der Waals surface area contributed by atoms with Crippen molar-refractivity contribution in [1.82, 2.24) is 10.3 Å². The first kappa shape index (κ1) is 12.6. The van der Waals surface area contributed by atoms with E-state index in [1.165, 1.54) is 19.3 Å². The van der Waals surface area contributed by atoms with Gasteiger partial charge in [-0.1, -0.05) is 26.8 Å². The molecule has 1 aromatic rings. The SMILES string of the molecule is CC1CC(C)(C)CCC1NCc1ccccn1. The van der Waals surface area contributed by atoms with Crippen LogP contribution in [0.5, 0.6) is 0 Å². The Kier molecular flexibility index (Phi) is 3.82. The van der Waals surface area contributed by atoms with Crippen molar-refractivity contribution in [2.75, 3.05) is 0 Å². The Morgan fingerprint density at radius 2 is 2.24 bits per heavy atom. The molecule has 0 aliphatic heterocycles. The molecule has 2 nitrogen and oxygen atoms in total. The molecule has 1 N–H and O–H groups in total. The summed E-state index contributed by atoms with van der Waals surface area (Å²) >= 11 is 0. The molecule has 2 unspecified atom stereocenters. The molecule has 2 rings (SSSR count). The predicted molar refractivity (Wildman–Crippen MR) is 71.7 cm³/mol. The lowest BCUT2D eigenvalue weighted by molar-refractivity contribution is 0.148. The molecule has 0 amide bonds. The summed E-state index contributed by atoms with van der Waals surface area (Å²) < 4.78 is 0. The Balaban J connectivity index is 1.84. The second kappa shape index (κ2) is 5.18. The molecule has 1 fully saturated rings. The van der Waals surface area contributed by atoms with Gasteiger partial charge in [0.15, 0.2) is 0 Å². The van der Waals surface area contributed by atoms with Crippen molar-refractivity contribution in [2.45, 2.75) is 52.6 Å². The van der Waals surface area contributed by atoms with Gasteiger partial charge < -0.3 is 5.32 Å². The van der Waals surface area contributed by atoms with Crippen LogP contribution in [0.3, 0.4) is 0 Å². The van der Waals surface area contributed by atoms with Crippen molar-refractivity contribution in [1.29, 1.82) is 0 Å². The lowest BCUT2D eigenvalue weighted by Crippen LogP contribution is -2.41. The second-order valence-corrected chi connectivity index (χ2v) is 6.19. The molecule has 0 aromatic carbocycles. The van der Waals surface area contributed by atoms with Crippen molar-refractivity contribution in [3.63, 3.8) is 0 Å². The third-order valence-electron chi connectivity index (χ3n) is 3.97. The Hall–Kier alpha value is -0.890. The molecule has 17 heavy (non-hydrogen) atoms. The highest BCUT2D eigenvalue weighted by atomic mass is 14.9. The molecule has 1 aliphatic carbocycles. The first-order chi connectivity index (χ1) is 8.07. The normalized spacial score (nSPS) is 27.9.